The lowest BCUT2D eigenvalue weighted by Gasteiger charge is -2.28. The van der Waals surface area contributed by atoms with Gasteiger partial charge in [-0.05, 0) is 31.6 Å². The molecule has 2 aliphatic heterocycles. The summed E-state index contributed by atoms with van der Waals surface area (Å²) in [6.07, 6.45) is 5.20. The molecule has 1 aliphatic carbocycles. The molecule has 3 rings (SSSR count). The summed E-state index contributed by atoms with van der Waals surface area (Å²) >= 11 is 0. The quantitative estimate of drug-likeness (QED) is 0.842. The smallest absolute Gasteiger partial charge is 0.224 e. The molecule has 0 spiro atoms. The number of piperidine rings is 1. The van der Waals surface area contributed by atoms with Gasteiger partial charge < -0.3 is 14.9 Å². The zero-order chi connectivity index (χ0) is 15.0. The van der Waals surface area contributed by atoms with Gasteiger partial charge in [-0.2, -0.15) is 0 Å². The SMILES string of the molecule is C[C@@H]1CN(C(=O)CCN2CCCCC2=O)C[C@@]1(O)C1CC1. The van der Waals surface area contributed by atoms with Crippen molar-refractivity contribution in [1.82, 2.24) is 9.80 Å². The van der Waals surface area contributed by atoms with Gasteiger partial charge in [0.2, 0.25) is 11.8 Å². The highest BCUT2D eigenvalue weighted by Gasteiger charge is 2.53. The molecule has 2 saturated heterocycles. The van der Waals surface area contributed by atoms with E-state index in [0.717, 1.165) is 32.2 Å². The fourth-order valence-corrected chi connectivity index (χ4v) is 3.81. The molecule has 2 amide bonds. The molecule has 0 aromatic rings. The van der Waals surface area contributed by atoms with Gasteiger partial charge >= 0.3 is 0 Å². The van der Waals surface area contributed by atoms with E-state index in [9.17, 15) is 14.7 Å². The fourth-order valence-electron chi connectivity index (χ4n) is 3.81. The highest BCUT2D eigenvalue weighted by atomic mass is 16.3. The van der Waals surface area contributed by atoms with Crippen molar-refractivity contribution in [2.75, 3.05) is 26.2 Å². The second-order valence-electron chi connectivity index (χ2n) is 7.03. The van der Waals surface area contributed by atoms with E-state index in [1.807, 2.05) is 11.8 Å². The normalized spacial score (nSPS) is 33.6. The maximum atomic E-state index is 12.3. The van der Waals surface area contributed by atoms with Crippen molar-refractivity contribution in [1.29, 1.82) is 0 Å². The van der Waals surface area contributed by atoms with Gasteiger partial charge in [0.15, 0.2) is 0 Å². The lowest BCUT2D eigenvalue weighted by Crippen LogP contribution is -2.41. The largest absolute Gasteiger partial charge is 0.387 e. The third kappa shape index (κ3) is 2.93. The number of rotatable bonds is 4. The molecule has 0 unspecified atom stereocenters. The first-order valence-electron chi connectivity index (χ1n) is 8.28. The Morgan fingerprint density at radius 2 is 2.14 bits per heavy atom. The lowest BCUT2D eigenvalue weighted by atomic mass is 9.88. The summed E-state index contributed by atoms with van der Waals surface area (Å²) in [5, 5.41) is 10.7. The first-order valence-corrected chi connectivity index (χ1v) is 8.28. The van der Waals surface area contributed by atoms with Crippen LogP contribution in [-0.2, 0) is 9.59 Å². The van der Waals surface area contributed by atoms with Crippen molar-refractivity contribution in [3.05, 3.63) is 0 Å². The number of aliphatic hydroxyl groups is 1. The number of hydrogen-bond donors (Lipinski definition) is 1. The summed E-state index contributed by atoms with van der Waals surface area (Å²) in [7, 11) is 0. The molecule has 2 heterocycles. The van der Waals surface area contributed by atoms with Crippen molar-refractivity contribution in [2.45, 2.75) is 51.0 Å². The van der Waals surface area contributed by atoms with E-state index in [-0.39, 0.29) is 17.7 Å². The zero-order valence-corrected chi connectivity index (χ0v) is 12.9. The van der Waals surface area contributed by atoms with Crippen LogP contribution < -0.4 is 0 Å². The molecule has 0 radical (unpaired) electrons. The summed E-state index contributed by atoms with van der Waals surface area (Å²) < 4.78 is 0. The number of carbonyl (C=O) groups is 2. The van der Waals surface area contributed by atoms with Gasteiger partial charge in [-0.3, -0.25) is 9.59 Å². The van der Waals surface area contributed by atoms with Crippen LogP contribution in [0.5, 0.6) is 0 Å². The Hall–Kier alpha value is -1.10. The van der Waals surface area contributed by atoms with E-state index >= 15 is 0 Å². The summed E-state index contributed by atoms with van der Waals surface area (Å²) in [5.74, 6) is 0.801. The predicted molar refractivity (Wildman–Crippen MR) is 78.5 cm³/mol. The van der Waals surface area contributed by atoms with Crippen LogP contribution in [0.15, 0.2) is 0 Å². The Balaban J connectivity index is 1.51. The second-order valence-corrected chi connectivity index (χ2v) is 7.03. The Morgan fingerprint density at radius 1 is 1.38 bits per heavy atom. The zero-order valence-electron chi connectivity index (χ0n) is 12.9. The number of nitrogens with zero attached hydrogens (tertiary/aromatic N) is 2. The highest BCUT2D eigenvalue weighted by molar-refractivity contribution is 5.79. The predicted octanol–water partition coefficient (Wildman–Crippen LogP) is 1.01. The van der Waals surface area contributed by atoms with Gasteiger partial charge in [-0.25, -0.2) is 0 Å². The van der Waals surface area contributed by atoms with Crippen LogP contribution in [0.4, 0.5) is 0 Å². The summed E-state index contributed by atoms with van der Waals surface area (Å²) in [5.41, 5.74) is -0.670. The molecule has 0 aromatic carbocycles. The summed E-state index contributed by atoms with van der Waals surface area (Å²) in [6, 6.07) is 0. The first-order chi connectivity index (χ1) is 10.0. The lowest BCUT2D eigenvalue weighted by molar-refractivity contribution is -0.135. The number of carbonyl (C=O) groups excluding carboxylic acids is 2. The Morgan fingerprint density at radius 3 is 2.81 bits per heavy atom. The summed E-state index contributed by atoms with van der Waals surface area (Å²) in [6.45, 7) is 4.49. The maximum absolute atomic E-state index is 12.3. The standard InChI is InChI=1S/C16H26N2O3/c1-12-10-18(11-16(12,21)13-5-6-13)15(20)7-9-17-8-3-2-4-14(17)19/h12-13,21H,2-11H2,1H3/t12-,16+/m1/s1. The molecule has 118 valence electrons. The molecule has 3 aliphatic rings. The highest BCUT2D eigenvalue weighted by Crippen LogP contribution is 2.47. The van der Waals surface area contributed by atoms with Crippen molar-refractivity contribution in [2.24, 2.45) is 11.8 Å². The molecule has 1 N–H and O–H groups in total. The molecular weight excluding hydrogens is 268 g/mol. The van der Waals surface area contributed by atoms with E-state index in [4.69, 9.17) is 0 Å². The number of likely N-dealkylation sites (tertiary alicyclic amines) is 2. The average Bonchev–Trinajstić information content (AvgIpc) is 3.26. The van der Waals surface area contributed by atoms with Gasteiger partial charge in [0.05, 0.1) is 5.60 Å². The van der Waals surface area contributed by atoms with E-state index in [1.54, 1.807) is 4.90 Å². The van der Waals surface area contributed by atoms with Gasteiger partial charge in [-0.1, -0.05) is 6.92 Å². The number of β-amino-alcohol motifs (C(OH)–C–C–N with tert-alkyl or cyclic N) is 1. The summed E-state index contributed by atoms with van der Waals surface area (Å²) in [4.78, 5) is 27.7. The molecule has 5 heteroatoms. The Kier molecular flexibility index (Phi) is 3.95. The van der Waals surface area contributed by atoms with Crippen LogP contribution in [0, 0.1) is 11.8 Å². The average molecular weight is 294 g/mol. The third-order valence-electron chi connectivity index (χ3n) is 5.45. The van der Waals surface area contributed by atoms with Gasteiger partial charge in [0.1, 0.15) is 0 Å². The Labute approximate surface area is 126 Å². The van der Waals surface area contributed by atoms with Crippen LogP contribution in [0.25, 0.3) is 0 Å². The minimum atomic E-state index is -0.670. The van der Waals surface area contributed by atoms with E-state index in [2.05, 4.69) is 0 Å². The van der Waals surface area contributed by atoms with E-state index in [0.29, 0.717) is 38.4 Å². The molecule has 0 aromatic heterocycles. The van der Waals surface area contributed by atoms with Crippen LogP contribution in [0.3, 0.4) is 0 Å². The van der Waals surface area contributed by atoms with Gasteiger partial charge in [0.25, 0.3) is 0 Å². The molecule has 3 fully saturated rings. The molecule has 1 saturated carbocycles. The minimum absolute atomic E-state index is 0.0804. The van der Waals surface area contributed by atoms with E-state index in [1.165, 1.54) is 0 Å². The van der Waals surface area contributed by atoms with Crippen molar-refractivity contribution >= 4 is 11.8 Å². The first kappa shape index (κ1) is 14.8. The van der Waals surface area contributed by atoms with Crippen molar-refractivity contribution in [3.63, 3.8) is 0 Å². The third-order valence-corrected chi connectivity index (χ3v) is 5.45. The topological polar surface area (TPSA) is 60.9 Å². The maximum Gasteiger partial charge on any atom is 0.224 e. The molecular formula is C16H26N2O3. The fraction of sp³-hybridized carbons (Fsp3) is 0.875. The molecule has 0 bridgehead atoms. The van der Waals surface area contributed by atoms with E-state index < -0.39 is 5.60 Å². The van der Waals surface area contributed by atoms with Gasteiger partial charge in [0, 0.05) is 44.9 Å². The number of amides is 2. The molecule has 5 nitrogen and oxygen atoms in total. The second kappa shape index (κ2) is 5.59. The number of hydrogen-bond acceptors (Lipinski definition) is 3. The van der Waals surface area contributed by atoms with Crippen molar-refractivity contribution < 1.29 is 14.7 Å². The van der Waals surface area contributed by atoms with Crippen LogP contribution in [0.2, 0.25) is 0 Å². The van der Waals surface area contributed by atoms with Gasteiger partial charge in [-0.15, -0.1) is 0 Å². The van der Waals surface area contributed by atoms with Crippen molar-refractivity contribution in [3.8, 4) is 0 Å². The Bertz CT molecular complexity index is 435. The monoisotopic (exact) mass is 294 g/mol. The van der Waals surface area contributed by atoms with Crippen LogP contribution in [0.1, 0.15) is 45.4 Å². The van der Waals surface area contributed by atoms with Crippen LogP contribution >= 0.6 is 0 Å². The van der Waals surface area contributed by atoms with Crippen LogP contribution in [-0.4, -0.2) is 58.5 Å². The molecule has 21 heavy (non-hydrogen) atoms. The minimum Gasteiger partial charge on any atom is -0.387 e. The molecule has 2 atom stereocenters.